The van der Waals surface area contributed by atoms with E-state index in [0.29, 0.717) is 11.6 Å². The maximum atomic E-state index is 9.36. The molecule has 1 atom stereocenters. The average Bonchev–Trinajstić information content (AvgIpc) is 2.43. The molecular formula is C14H14ClNO2. The quantitative estimate of drug-likeness (QED) is 0.902. The summed E-state index contributed by atoms with van der Waals surface area (Å²) < 4.78 is 5.61. The summed E-state index contributed by atoms with van der Waals surface area (Å²) in [6, 6.07) is 12.8. The highest BCUT2D eigenvalue weighted by Crippen LogP contribution is 2.18. The second kappa shape index (κ2) is 6.38. The number of aliphatic hydroxyl groups is 1. The fraction of sp³-hybridized carbons (Fsp3) is 0.214. The number of aliphatic hydroxyl groups excluding tert-OH is 1. The number of rotatable bonds is 5. The molecule has 1 heterocycles. The van der Waals surface area contributed by atoms with Gasteiger partial charge < -0.3 is 9.84 Å². The van der Waals surface area contributed by atoms with Crippen molar-refractivity contribution in [1.82, 2.24) is 4.98 Å². The molecule has 2 aromatic rings. The Morgan fingerprint density at radius 3 is 2.56 bits per heavy atom. The first-order valence-electron chi connectivity index (χ1n) is 5.70. The molecule has 2 rings (SSSR count). The molecule has 1 aromatic carbocycles. The highest BCUT2D eigenvalue weighted by molar-refractivity contribution is 6.30. The van der Waals surface area contributed by atoms with Crippen molar-refractivity contribution in [3.63, 3.8) is 0 Å². The van der Waals surface area contributed by atoms with Gasteiger partial charge in [-0.15, -0.1) is 0 Å². The predicted molar refractivity (Wildman–Crippen MR) is 71.0 cm³/mol. The first kappa shape index (κ1) is 12.9. The Hall–Kier alpha value is -1.58. The lowest BCUT2D eigenvalue weighted by atomic mass is 10.1. The van der Waals surface area contributed by atoms with Gasteiger partial charge in [-0.1, -0.05) is 17.7 Å². The maximum Gasteiger partial charge on any atom is 0.119 e. The van der Waals surface area contributed by atoms with Crippen LogP contribution in [-0.4, -0.2) is 23.3 Å². The van der Waals surface area contributed by atoms with Crippen LogP contribution in [0.15, 0.2) is 48.7 Å². The van der Waals surface area contributed by atoms with Crippen molar-refractivity contribution in [1.29, 1.82) is 0 Å². The summed E-state index contributed by atoms with van der Waals surface area (Å²) >= 11 is 5.79. The van der Waals surface area contributed by atoms with Crippen LogP contribution in [0.3, 0.4) is 0 Å². The molecule has 0 spiro atoms. The third-order valence-electron chi connectivity index (χ3n) is 2.59. The van der Waals surface area contributed by atoms with Crippen molar-refractivity contribution >= 4 is 11.6 Å². The average molecular weight is 264 g/mol. The van der Waals surface area contributed by atoms with Crippen LogP contribution in [0.25, 0.3) is 0 Å². The predicted octanol–water partition coefficient (Wildman–Crippen LogP) is 2.89. The Morgan fingerprint density at radius 2 is 1.94 bits per heavy atom. The van der Waals surface area contributed by atoms with E-state index in [1.807, 2.05) is 18.2 Å². The number of halogens is 1. The summed E-state index contributed by atoms with van der Waals surface area (Å²) in [6.45, 7) is 0.389. The Morgan fingerprint density at radius 1 is 1.17 bits per heavy atom. The van der Waals surface area contributed by atoms with Gasteiger partial charge >= 0.3 is 0 Å². The molecule has 1 unspecified atom stereocenters. The standard InChI is InChI=1S/C14H14ClNO2/c15-12-4-6-13(7-5-12)18-10-11(9-17)14-3-1-2-8-16-14/h1-8,11,17H,9-10H2. The molecule has 0 amide bonds. The van der Waals surface area contributed by atoms with Crippen molar-refractivity contribution < 1.29 is 9.84 Å². The fourth-order valence-corrected chi connectivity index (χ4v) is 1.70. The van der Waals surface area contributed by atoms with E-state index in [1.54, 1.807) is 30.5 Å². The smallest absolute Gasteiger partial charge is 0.119 e. The lowest BCUT2D eigenvalue weighted by molar-refractivity contribution is 0.203. The molecule has 4 heteroatoms. The van der Waals surface area contributed by atoms with Crippen LogP contribution < -0.4 is 4.74 Å². The molecule has 94 valence electrons. The van der Waals surface area contributed by atoms with E-state index in [-0.39, 0.29) is 12.5 Å². The molecule has 3 nitrogen and oxygen atoms in total. The van der Waals surface area contributed by atoms with E-state index in [2.05, 4.69) is 4.98 Å². The minimum Gasteiger partial charge on any atom is -0.493 e. The summed E-state index contributed by atoms with van der Waals surface area (Å²) in [5.41, 5.74) is 0.828. The van der Waals surface area contributed by atoms with E-state index < -0.39 is 0 Å². The molecule has 0 saturated heterocycles. The van der Waals surface area contributed by atoms with Crippen LogP contribution in [0.5, 0.6) is 5.75 Å². The minimum absolute atomic E-state index is 0.00457. The van der Waals surface area contributed by atoms with E-state index >= 15 is 0 Å². The van der Waals surface area contributed by atoms with Gasteiger partial charge in [-0.05, 0) is 36.4 Å². The van der Waals surface area contributed by atoms with Gasteiger partial charge in [-0.2, -0.15) is 0 Å². The molecule has 0 bridgehead atoms. The largest absolute Gasteiger partial charge is 0.493 e. The Kier molecular flexibility index (Phi) is 4.56. The van der Waals surface area contributed by atoms with Crippen molar-refractivity contribution in [3.8, 4) is 5.75 Å². The summed E-state index contributed by atoms with van der Waals surface area (Å²) in [4.78, 5) is 4.22. The van der Waals surface area contributed by atoms with Gasteiger partial charge in [0.15, 0.2) is 0 Å². The molecule has 0 radical (unpaired) electrons. The molecule has 0 aliphatic carbocycles. The second-order valence-electron chi connectivity index (χ2n) is 3.90. The third-order valence-corrected chi connectivity index (χ3v) is 2.84. The number of nitrogens with zero attached hydrogens (tertiary/aromatic N) is 1. The van der Waals surface area contributed by atoms with E-state index in [1.165, 1.54) is 0 Å². The normalized spacial score (nSPS) is 12.1. The van der Waals surface area contributed by atoms with Gasteiger partial charge in [0.25, 0.3) is 0 Å². The van der Waals surface area contributed by atoms with Crippen LogP contribution in [0.4, 0.5) is 0 Å². The number of hydrogen-bond donors (Lipinski definition) is 1. The fourth-order valence-electron chi connectivity index (χ4n) is 1.58. The van der Waals surface area contributed by atoms with Crippen LogP contribution in [0.1, 0.15) is 11.6 Å². The van der Waals surface area contributed by atoms with Gasteiger partial charge in [-0.25, -0.2) is 0 Å². The summed E-state index contributed by atoms with van der Waals surface area (Å²) in [5, 5.41) is 10.0. The first-order valence-corrected chi connectivity index (χ1v) is 6.07. The minimum atomic E-state index is -0.123. The van der Waals surface area contributed by atoms with Crippen molar-refractivity contribution in [3.05, 3.63) is 59.4 Å². The monoisotopic (exact) mass is 263 g/mol. The van der Waals surface area contributed by atoms with Crippen molar-refractivity contribution in [2.75, 3.05) is 13.2 Å². The summed E-state index contributed by atoms with van der Waals surface area (Å²) in [6.07, 6.45) is 1.71. The molecule has 1 aromatic heterocycles. The van der Waals surface area contributed by atoms with Gasteiger partial charge in [0, 0.05) is 16.9 Å². The molecule has 0 aliphatic rings. The van der Waals surface area contributed by atoms with Crippen molar-refractivity contribution in [2.24, 2.45) is 0 Å². The first-order chi connectivity index (χ1) is 8.79. The van der Waals surface area contributed by atoms with Crippen LogP contribution in [0, 0.1) is 0 Å². The zero-order valence-corrected chi connectivity index (χ0v) is 10.5. The van der Waals surface area contributed by atoms with Crippen molar-refractivity contribution in [2.45, 2.75) is 5.92 Å². The van der Waals surface area contributed by atoms with E-state index in [0.717, 1.165) is 11.4 Å². The number of pyridine rings is 1. The molecule has 0 fully saturated rings. The summed E-state index contributed by atoms with van der Waals surface area (Å²) in [7, 11) is 0. The molecule has 0 saturated carbocycles. The zero-order valence-electron chi connectivity index (χ0n) is 9.79. The maximum absolute atomic E-state index is 9.36. The van der Waals surface area contributed by atoms with Gasteiger partial charge in [0.1, 0.15) is 5.75 Å². The number of hydrogen-bond acceptors (Lipinski definition) is 3. The van der Waals surface area contributed by atoms with Crippen LogP contribution in [0.2, 0.25) is 5.02 Å². The lowest BCUT2D eigenvalue weighted by Gasteiger charge is -2.14. The SMILES string of the molecule is OCC(COc1ccc(Cl)cc1)c1ccccn1. The summed E-state index contributed by atoms with van der Waals surface area (Å²) in [5.74, 6) is 0.607. The highest BCUT2D eigenvalue weighted by Gasteiger charge is 2.12. The van der Waals surface area contributed by atoms with E-state index in [9.17, 15) is 5.11 Å². The number of benzene rings is 1. The number of aromatic nitrogens is 1. The van der Waals surface area contributed by atoms with Gasteiger partial charge in [-0.3, -0.25) is 4.98 Å². The van der Waals surface area contributed by atoms with Gasteiger partial charge in [0.2, 0.25) is 0 Å². The topological polar surface area (TPSA) is 42.4 Å². The second-order valence-corrected chi connectivity index (χ2v) is 4.34. The Bertz CT molecular complexity index is 473. The highest BCUT2D eigenvalue weighted by atomic mass is 35.5. The van der Waals surface area contributed by atoms with Gasteiger partial charge in [0.05, 0.1) is 19.1 Å². The molecular weight excluding hydrogens is 250 g/mol. The van der Waals surface area contributed by atoms with E-state index in [4.69, 9.17) is 16.3 Å². The Labute approximate surface area is 111 Å². The van der Waals surface area contributed by atoms with Crippen LogP contribution in [-0.2, 0) is 0 Å². The molecule has 0 aliphatic heterocycles. The zero-order chi connectivity index (χ0) is 12.8. The lowest BCUT2D eigenvalue weighted by Crippen LogP contribution is -2.15. The third kappa shape index (κ3) is 3.45. The van der Waals surface area contributed by atoms with Crippen LogP contribution >= 0.6 is 11.6 Å². The number of ether oxygens (including phenoxy) is 1. The molecule has 18 heavy (non-hydrogen) atoms. The Balaban J connectivity index is 1.97. The molecule has 1 N–H and O–H groups in total.